The Morgan fingerprint density at radius 3 is 2.61 bits per heavy atom. The van der Waals surface area contributed by atoms with E-state index in [1.807, 2.05) is 60.5 Å². The first kappa shape index (κ1) is 22.2. The Morgan fingerprint density at radius 2 is 1.78 bits per heavy atom. The van der Waals surface area contributed by atoms with Crippen LogP contribution >= 0.6 is 0 Å². The van der Waals surface area contributed by atoms with Crippen LogP contribution in [0.15, 0.2) is 72.8 Å². The monoisotopic (exact) mass is 480 g/mol. The number of anilines is 1. The summed E-state index contributed by atoms with van der Waals surface area (Å²) in [5.41, 5.74) is 5.91. The molecule has 2 aliphatic heterocycles. The van der Waals surface area contributed by atoms with Crippen LogP contribution < -0.4 is 10.2 Å². The summed E-state index contributed by atoms with van der Waals surface area (Å²) in [6, 6.07) is 23.0. The highest BCUT2D eigenvalue weighted by molar-refractivity contribution is 6.02. The first-order valence-electron chi connectivity index (χ1n) is 12.3. The first-order valence-corrected chi connectivity index (χ1v) is 12.3. The molecule has 36 heavy (non-hydrogen) atoms. The highest BCUT2D eigenvalue weighted by atomic mass is 16.3. The molecule has 0 saturated carbocycles. The zero-order valence-corrected chi connectivity index (χ0v) is 20.1. The number of phenolic OH excluding ortho intramolecular Hbond substituents is 1. The Bertz CT molecular complexity index is 1470. The number of carbonyl (C=O) groups excluding carboxylic acids is 2. The van der Waals surface area contributed by atoms with E-state index in [0.29, 0.717) is 25.1 Å². The van der Waals surface area contributed by atoms with E-state index in [4.69, 9.17) is 0 Å². The molecule has 3 aromatic carbocycles. The Hall–Kier alpha value is -4.26. The summed E-state index contributed by atoms with van der Waals surface area (Å²) in [5, 5.41) is 13.7. The molecule has 7 heteroatoms. The van der Waals surface area contributed by atoms with Gasteiger partial charge in [-0.3, -0.25) is 9.59 Å². The van der Waals surface area contributed by atoms with E-state index in [0.717, 1.165) is 34.3 Å². The molecule has 4 aromatic rings. The van der Waals surface area contributed by atoms with Crippen LogP contribution in [0.4, 0.5) is 5.69 Å². The molecule has 1 aromatic heterocycles. The number of carbonyl (C=O) groups is 2. The predicted molar refractivity (Wildman–Crippen MR) is 139 cm³/mol. The van der Waals surface area contributed by atoms with Gasteiger partial charge in [-0.25, -0.2) is 0 Å². The van der Waals surface area contributed by atoms with Crippen molar-refractivity contribution in [2.45, 2.75) is 25.6 Å². The molecule has 0 unspecified atom stereocenters. The van der Waals surface area contributed by atoms with Crippen molar-refractivity contribution in [3.05, 3.63) is 95.2 Å². The molecule has 6 rings (SSSR count). The topological polar surface area (TPSA) is 77.8 Å². The third kappa shape index (κ3) is 3.59. The number of hydrogen-bond donors (Lipinski definition) is 2. The van der Waals surface area contributed by atoms with Gasteiger partial charge in [0.2, 0.25) is 5.91 Å². The SMILES string of the molecule is CN1c2ccccc2C(=O)N2CCc3c(n(CC(=O)NCCc4ccc(O)cc4)c4ccccc34)[C@@H]21. The lowest BCUT2D eigenvalue weighted by Crippen LogP contribution is -2.51. The molecule has 2 aliphatic rings. The summed E-state index contributed by atoms with van der Waals surface area (Å²) < 4.78 is 2.09. The molecule has 182 valence electrons. The molecule has 2 amide bonds. The normalized spacial score (nSPS) is 16.5. The lowest BCUT2D eigenvalue weighted by molar-refractivity contribution is -0.121. The third-order valence-corrected chi connectivity index (χ3v) is 7.38. The molecule has 0 spiro atoms. The fraction of sp³-hybridized carbons (Fsp3) is 0.241. The maximum atomic E-state index is 13.4. The quantitative estimate of drug-likeness (QED) is 0.455. The molecular weight excluding hydrogens is 452 g/mol. The van der Waals surface area contributed by atoms with Crippen molar-refractivity contribution in [2.24, 2.45) is 0 Å². The number of aromatic nitrogens is 1. The van der Waals surface area contributed by atoms with Crippen molar-refractivity contribution in [1.82, 2.24) is 14.8 Å². The van der Waals surface area contributed by atoms with E-state index in [2.05, 4.69) is 26.9 Å². The number of hydrogen-bond acceptors (Lipinski definition) is 4. The second-order valence-electron chi connectivity index (χ2n) is 9.48. The van der Waals surface area contributed by atoms with Crippen LogP contribution in [-0.4, -0.2) is 46.5 Å². The summed E-state index contributed by atoms with van der Waals surface area (Å²) in [6.07, 6.45) is 1.17. The smallest absolute Gasteiger partial charge is 0.257 e. The molecule has 0 radical (unpaired) electrons. The van der Waals surface area contributed by atoms with Crippen molar-refractivity contribution < 1.29 is 14.7 Å². The number of nitrogens with zero attached hydrogens (tertiary/aromatic N) is 3. The molecule has 3 heterocycles. The third-order valence-electron chi connectivity index (χ3n) is 7.38. The van der Waals surface area contributed by atoms with Gasteiger partial charge in [0.1, 0.15) is 18.5 Å². The first-order chi connectivity index (χ1) is 17.5. The molecule has 7 nitrogen and oxygen atoms in total. The van der Waals surface area contributed by atoms with Crippen LogP contribution in [0, 0.1) is 0 Å². The number of aromatic hydroxyl groups is 1. The lowest BCUT2D eigenvalue weighted by atomic mass is 9.96. The highest BCUT2D eigenvalue weighted by Crippen LogP contribution is 2.44. The Labute approximate surface area is 209 Å². The van der Waals surface area contributed by atoms with Crippen molar-refractivity contribution in [3.8, 4) is 5.75 Å². The minimum Gasteiger partial charge on any atom is -0.508 e. The Morgan fingerprint density at radius 1 is 1.03 bits per heavy atom. The van der Waals surface area contributed by atoms with Crippen LogP contribution in [0.2, 0.25) is 0 Å². The average molecular weight is 481 g/mol. The van der Waals surface area contributed by atoms with Gasteiger partial charge in [-0.15, -0.1) is 0 Å². The van der Waals surface area contributed by atoms with Crippen LogP contribution in [0.25, 0.3) is 10.9 Å². The van der Waals surface area contributed by atoms with Gasteiger partial charge in [0.25, 0.3) is 5.91 Å². The number of phenols is 1. The zero-order chi connectivity index (χ0) is 24.8. The second kappa shape index (κ2) is 8.75. The van der Waals surface area contributed by atoms with E-state index in [9.17, 15) is 14.7 Å². The number of rotatable bonds is 5. The number of nitrogens with one attached hydrogen (secondary N) is 1. The van der Waals surface area contributed by atoms with Crippen LogP contribution in [0.5, 0.6) is 5.75 Å². The summed E-state index contributed by atoms with van der Waals surface area (Å²) in [4.78, 5) is 30.7. The van der Waals surface area contributed by atoms with Gasteiger partial charge >= 0.3 is 0 Å². The number of fused-ring (bicyclic) bond motifs is 6. The largest absolute Gasteiger partial charge is 0.508 e. The van der Waals surface area contributed by atoms with Gasteiger partial charge in [0.15, 0.2) is 0 Å². The fourth-order valence-corrected chi connectivity index (χ4v) is 5.69. The van der Waals surface area contributed by atoms with Crippen molar-refractivity contribution in [2.75, 3.05) is 25.0 Å². The van der Waals surface area contributed by atoms with E-state index in [-0.39, 0.29) is 30.3 Å². The maximum absolute atomic E-state index is 13.4. The van der Waals surface area contributed by atoms with Crippen LogP contribution in [-0.2, 0) is 24.2 Å². The summed E-state index contributed by atoms with van der Waals surface area (Å²) >= 11 is 0. The van der Waals surface area contributed by atoms with Gasteiger partial charge in [0.05, 0.1) is 16.9 Å². The van der Waals surface area contributed by atoms with E-state index in [1.165, 1.54) is 5.56 Å². The fourth-order valence-electron chi connectivity index (χ4n) is 5.69. The average Bonchev–Trinajstić information content (AvgIpc) is 3.21. The van der Waals surface area contributed by atoms with Crippen molar-refractivity contribution in [1.29, 1.82) is 0 Å². The molecule has 0 fully saturated rings. The van der Waals surface area contributed by atoms with E-state index < -0.39 is 0 Å². The van der Waals surface area contributed by atoms with Gasteiger partial charge in [0, 0.05) is 31.0 Å². The summed E-state index contributed by atoms with van der Waals surface area (Å²) in [7, 11) is 2.03. The van der Waals surface area contributed by atoms with Gasteiger partial charge in [-0.1, -0.05) is 42.5 Å². The maximum Gasteiger partial charge on any atom is 0.257 e. The molecule has 2 N–H and O–H groups in total. The number of benzene rings is 3. The van der Waals surface area contributed by atoms with Crippen LogP contribution in [0.1, 0.15) is 33.3 Å². The van der Waals surface area contributed by atoms with Crippen molar-refractivity contribution >= 4 is 28.4 Å². The minimum absolute atomic E-state index is 0.0366. The van der Waals surface area contributed by atoms with Crippen molar-refractivity contribution in [3.63, 3.8) is 0 Å². The van der Waals surface area contributed by atoms with Gasteiger partial charge in [-0.05, 0) is 54.3 Å². The second-order valence-corrected chi connectivity index (χ2v) is 9.48. The van der Waals surface area contributed by atoms with Gasteiger partial charge < -0.3 is 24.8 Å². The van der Waals surface area contributed by atoms with E-state index >= 15 is 0 Å². The molecule has 0 saturated heterocycles. The minimum atomic E-state index is -0.270. The lowest BCUT2D eigenvalue weighted by Gasteiger charge is -2.46. The zero-order valence-electron chi connectivity index (χ0n) is 20.1. The number of amides is 2. The predicted octanol–water partition coefficient (Wildman–Crippen LogP) is 3.85. The van der Waals surface area contributed by atoms with E-state index in [1.54, 1.807) is 12.1 Å². The number of para-hydroxylation sites is 2. The Kier molecular flexibility index (Phi) is 5.40. The van der Waals surface area contributed by atoms with Crippen LogP contribution in [0.3, 0.4) is 0 Å². The molecule has 0 aliphatic carbocycles. The summed E-state index contributed by atoms with van der Waals surface area (Å²) in [6.45, 7) is 1.33. The molecular formula is C29H28N4O3. The Balaban J connectivity index is 1.33. The summed E-state index contributed by atoms with van der Waals surface area (Å²) in [5.74, 6) is 0.198. The standard InChI is InChI=1S/C29H28N4O3/c1-31-24-8-4-3-7-23(24)29(36)32-17-15-22-21-6-2-5-9-25(21)33(27(22)28(31)32)18-26(35)30-16-14-19-10-12-20(34)13-11-19/h2-13,28,34H,14-18H2,1H3,(H,30,35)/t28-/m1/s1. The highest BCUT2D eigenvalue weighted by Gasteiger charge is 2.42. The molecule has 0 bridgehead atoms. The molecule has 1 atom stereocenters. The van der Waals surface area contributed by atoms with Gasteiger partial charge in [-0.2, -0.15) is 0 Å².